The highest BCUT2D eigenvalue weighted by Gasteiger charge is 2.04. The summed E-state index contributed by atoms with van der Waals surface area (Å²) in [5.74, 6) is 1.76. The van der Waals surface area contributed by atoms with Crippen LogP contribution >= 0.6 is 15.9 Å². The maximum absolute atomic E-state index is 5.36. The Morgan fingerprint density at radius 2 is 2.18 bits per heavy atom. The van der Waals surface area contributed by atoms with Crippen molar-refractivity contribution < 1.29 is 9.15 Å². The minimum absolute atomic E-state index is 0.670. The smallest absolute Gasteiger partial charge is 0.135 e. The molecule has 0 aliphatic carbocycles. The van der Waals surface area contributed by atoms with Gasteiger partial charge in [-0.3, -0.25) is 0 Å². The minimum Gasteiger partial charge on any atom is -0.495 e. The third-order valence-corrected chi connectivity index (χ3v) is 3.23. The molecular formula is C13H14BrNO2. The summed E-state index contributed by atoms with van der Waals surface area (Å²) in [6.45, 7) is 2.70. The second kappa shape index (κ2) is 5.27. The summed E-state index contributed by atoms with van der Waals surface area (Å²) in [7, 11) is 1.65. The van der Waals surface area contributed by atoms with Crippen molar-refractivity contribution in [3.8, 4) is 5.75 Å². The van der Waals surface area contributed by atoms with E-state index >= 15 is 0 Å². The highest BCUT2D eigenvalue weighted by atomic mass is 79.9. The van der Waals surface area contributed by atoms with Crippen molar-refractivity contribution in [1.29, 1.82) is 0 Å². The number of aryl methyl sites for hydroxylation is 1. The van der Waals surface area contributed by atoms with Crippen LogP contribution in [-0.2, 0) is 6.54 Å². The number of ether oxygens (including phenoxy) is 1. The topological polar surface area (TPSA) is 34.4 Å². The lowest BCUT2D eigenvalue weighted by atomic mass is 10.2. The van der Waals surface area contributed by atoms with Crippen LogP contribution in [0.25, 0.3) is 0 Å². The third-order valence-electron chi connectivity index (χ3n) is 2.57. The van der Waals surface area contributed by atoms with E-state index < -0.39 is 0 Å². The van der Waals surface area contributed by atoms with Crippen LogP contribution in [0.2, 0.25) is 0 Å². The van der Waals surface area contributed by atoms with Gasteiger partial charge in [-0.2, -0.15) is 0 Å². The molecular weight excluding hydrogens is 282 g/mol. The summed E-state index contributed by atoms with van der Waals surface area (Å²) >= 11 is 3.42. The molecule has 0 bridgehead atoms. The summed E-state index contributed by atoms with van der Waals surface area (Å²) in [6.07, 6.45) is 1.70. The van der Waals surface area contributed by atoms with E-state index in [1.54, 1.807) is 13.4 Å². The molecule has 0 spiro atoms. The standard InChI is InChI=1S/C13H14BrNO2/c1-9-5-6-17-13(9)8-15-10-3-4-11(14)12(7-10)16-2/h3-7,15H,8H2,1-2H3. The van der Waals surface area contributed by atoms with Gasteiger partial charge in [0.25, 0.3) is 0 Å². The zero-order valence-corrected chi connectivity index (χ0v) is 11.4. The van der Waals surface area contributed by atoms with Gasteiger partial charge in [0.15, 0.2) is 0 Å². The van der Waals surface area contributed by atoms with Crippen molar-refractivity contribution >= 4 is 21.6 Å². The second-order valence-electron chi connectivity index (χ2n) is 3.73. The summed E-state index contributed by atoms with van der Waals surface area (Å²) in [5.41, 5.74) is 2.16. The van der Waals surface area contributed by atoms with Crippen LogP contribution in [0, 0.1) is 6.92 Å². The molecule has 1 heterocycles. The number of furan rings is 1. The Morgan fingerprint density at radius 3 is 2.82 bits per heavy atom. The van der Waals surface area contributed by atoms with Crippen molar-refractivity contribution in [2.75, 3.05) is 12.4 Å². The Labute approximate surface area is 109 Å². The lowest BCUT2D eigenvalue weighted by Crippen LogP contribution is -1.99. The molecule has 1 aromatic heterocycles. The molecule has 0 aliphatic rings. The summed E-state index contributed by atoms with van der Waals surface area (Å²) in [4.78, 5) is 0. The second-order valence-corrected chi connectivity index (χ2v) is 4.58. The molecule has 0 atom stereocenters. The van der Waals surface area contributed by atoms with Gasteiger partial charge in [0.1, 0.15) is 11.5 Å². The molecule has 1 aromatic carbocycles. The zero-order chi connectivity index (χ0) is 12.3. The molecule has 0 saturated carbocycles. The predicted molar refractivity (Wildman–Crippen MR) is 71.5 cm³/mol. The van der Waals surface area contributed by atoms with E-state index in [4.69, 9.17) is 9.15 Å². The first-order valence-electron chi connectivity index (χ1n) is 5.31. The van der Waals surface area contributed by atoms with Crippen molar-refractivity contribution in [2.45, 2.75) is 13.5 Å². The maximum atomic E-state index is 5.36. The molecule has 2 aromatic rings. The first-order valence-corrected chi connectivity index (χ1v) is 6.10. The van der Waals surface area contributed by atoms with Crippen LogP contribution in [0.3, 0.4) is 0 Å². The molecule has 4 heteroatoms. The van der Waals surface area contributed by atoms with Crippen LogP contribution in [0.15, 0.2) is 39.4 Å². The number of hydrogen-bond acceptors (Lipinski definition) is 3. The highest BCUT2D eigenvalue weighted by Crippen LogP contribution is 2.28. The first-order chi connectivity index (χ1) is 8.20. The molecule has 1 N–H and O–H groups in total. The van der Waals surface area contributed by atoms with Crippen LogP contribution in [0.4, 0.5) is 5.69 Å². The SMILES string of the molecule is COc1cc(NCc2occc2C)ccc1Br. The Bertz CT molecular complexity index is 508. The van der Waals surface area contributed by atoms with Crippen LogP contribution in [-0.4, -0.2) is 7.11 Å². The highest BCUT2D eigenvalue weighted by molar-refractivity contribution is 9.10. The van der Waals surface area contributed by atoms with Gasteiger partial charge >= 0.3 is 0 Å². The van der Waals surface area contributed by atoms with Gasteiger partial charge in [-0.05, 0) is 46.6 Å². The number of nitrogens with one attached hydrogen (secondary N) is 1. The molecule has 0 aliphatic heterocycles. The van der Waals surface area contributed by atoms with Crippen molar-refractivity contribution in [2.24, 2.45) is 0 Å². The number of methoxy groups -OCH3 is 1. The van der Waals surface area contributed by atoms with Gasteiger partial charge < -0.3 is 14.5 Å². The fraction of sp³-hybridized carbons (Fsp3) is 0.231. The fourth-order valence-corrected chi connectivity index (χ4v) is 1.95. The van der Waals surface area contributed by atoms with E-state index in [-0.39, 0.29) is 0 Å². The number of halogens is 1. The summed E-state index contributed by atoms with van der Waals surface area (Å²) in [6, 6.07) is 7.85. The molecule has 90 valence electrons. The average molecular weight is 296 g/mol. The van der Waals surface area contributed by atoms with E-state index in [1.165, 1.54) is 0 Å². The van der Waals surface area contributed by atoms with Crippen LogP contribution in [0.1, 0.15) is 11.3 Å². The lowest BCUT2D eigenvalue weighted by Gasteiger charge is -2.08. The molecule has 0 radical (unpaired) electrons. The van der Waals surface area contributed by atoms with Crippen molar-refractivity contribution in [3.63, 3.8) is 0 Å². The molecule has 0 fully saturated rings. The average Bonchev–Trinajstić information content (AvgIpc) is 2.74. The molecule has 0 amide bonds. The fourth-order valence-electron chi connectivity index (χ4n) is 1.54. The first kappa shape index (κ1) is 12.0. The van der Waals surface area contributed by atoms with Crippen molar-refractivity contribution in [1.82, 2.24) is 0 Å². The van der Waals surface area contributed by atoms with Gasteiger partial charge in [0.05, 0.1) is 24.4 Å². The predicted octanol–water partition coefficient (Wildman–Crippen LogP) is 3.97. The Morgan fingerprint density at radius 1 is 1.35 bits per heavy atom. The van der Waals surface area contributed by atoms with Gasteiger partial charge in [-0.1, -0.05) is 0 Å². The molecule has 2 rings (SSSR count). The molecule has 17 heavy (non-hydrogen) atoms. The summed E-state index contributed by atoms with van der Waals surface area (Å²) < 4.78 is 11.5. The number of hydrogen-bond donors (Lipinski definition) is 1. The van der Waals surface area contributed by atoms with Crippen LogP contribution < -0.4 is 10.1 Å². The largest absolute Gasteiger partial charge is 0.495 e. The van der Waals surface area contributed by atoms with Gasteiger partial charge in [0.2, 0.25) is 0 Å². The normalized spacial score (nSPS) is 10.3. The zero-order valence-electron chi connectivity index (χ0n) is 9.79. The van der Waals surface area contributed by atoms with Crippen molar-refractivity contribution in [3.05, 3.63) is 46.3 Å². The van der Waals surface area contributed by atoms with Gasteiger partial charge in [0, 0.05) is 11.8 Å². The van der Waals surface area contributed by atoms with E-state index in [0.717, 1.165) is 27.2 Å². The van der Waals surface area contributed by atoms with Crippen LogP contribution in [0.5, 0.6) is 5.75 Å². The molecule has 0 unspecified atom stereocenters. The van der Waals surface area contributed by atoms with E-state index in [0.29, 0.717) is 6.54 Å². The van der Waals surface area contributed by atoms with E-state index in [2.05, 4.69) is 21.2 Å². The molecule has 3 nitrogen and oxygen atoms in total. The Kier molecular flexibility index (Phi) is 3.74. The lowest BCUT2D eigenvalue weighted by molar-refractivity contribution is 0.412. The van der Waals surface area contributed by atoms with Gasteiger partial charge in [-0.15, -0.1) is 0 Å². The number of benzene rings is 1. The summed E-state index contributed by atoms with van der Waals surface area (Å²) in [5, 5.41) is 3.30. The minimum atomic E-state index is 0.670. The quantitative estimate of drug-likeness (QED) is 0.927. The Hall–Kier alpha value is -1.42. The maximum Gasteiger partial charge on any atom is 0.135 e. The number of anilines is 1. The van der Waals surface area contributed by atoms with Gasteiger partial charge in [-0.25, -0.2) is 0 Å². The Balaban J connectivity index is 2.07. The van der Waals surface area contributed by atoms with E-state index in [9.17, 15) is 0 Å². The van der Waals surface area contributed by atoms with E-state index in [1.807, 2.05) is 31.2 Å². The number of rotatable bonds is 4. The third kappa shape index (κ3) is 2.82. The molecule has 0 saturated heterocycles. The monoisotopic (exact) mass is 295 g/mol.